The number of hydrogen-bond acceptors (Lipinski definition) is 3. The van der Waals surface area contributed by atoms with Gasteiger partial charge in [0.15, 0.2) is 0 Å². The maximum Gasteiger partial charge on any atom is 0.351 e. The van der Waals surface area contributed by atoms with Gasteiger partial charge < -0.3 is 5.73 Å². The number of thiocarbonyl (C=S) groups is 1. The molecular weight excluding hydrogens is 312 g/mol. The summed E-state index contributed by atoms with van der Waals surface area (Å²) in [5, 5.41) is 0. The first-order chi connectivity index (χ1) is 10.8. The molecule has 122 valence electrons. The van der Waals surface area contributed by atoms with Crippen LogP contribution in [0.4, 0.5) is 0 Å². The third kappa shape index (κ3) is 2.26. The minimum Gasteiger partial charge on any atom is -0.389 e. The van der Waals surface area contributed by atoms with Crippen LogP contribution in [-0.4, -0.2) is 18.9 Å². The maximum absolute atomic E-state index is 12.7. The molecule has 1 aliphatic heterocycles. The Bertz CT molecular complexity index is 896. The van der Waals surface area contributed by atoms with E-state index in [0.717, 1.165) is 35.1 Å². The highest BCUT2D eigenvalue weighted by Crippen LogP contribution is 2.24. The SMILES string of the molecule is Cc1cc(C(N)=S)c(C)c(C)c1-n1c(=O)n2n(c1=O)CCCC2. The fourth-order valence-electron chi connectivity index (χ4n) is 3.33. The zero-order chi connectivity index (χ0) is 16.9. The summed E-state index contributed by atoms with van der Waals surface area (Å²) in [6, 6.07) is 1.85. The van der Waals surface area contributed by atoms with Gasteiger partial charge in [-0.15, -0.1) is 0 Å². The van der Waals surface area contributed by atoms with E-state index < -0.39 is 0 Å². The van der Waals surface area contributed by atoms with Crippen molar-refractivity contribution in [2.75, 3.05) is 0 Å². The van der Waals surface area contributed by atoms with Gasteiger partial charge in [-0.1, -0.05) is 12.2 Å². The van der Waals surface area contributed by atoms with Crippen molar-refractivity contribution in [1.82, 2.24) is 13.9 Å². The van der Waals surface area contributed by atoms with E-state index in [1.54, 1.807) is 9.36 Å². The van der Waals surface area contributed by atoms with Crippen molar-refractivity contribution < 1.29 is 0 Å². The summed E-state index contributed by atoms with van der Waals surface area (Å²) < 4.78 is 4.37. The molecular formula is C16H20N4O2S. The topological polar surface area (TPSA) is 74.9 Å². The van der Waals surface area contributed by atoms with Crippen molar-refractivity contribution in [1.29, 1.82) is 0 Å². The third-order valence-electron chi connectivity index (χ3n) is 4.65. The summed E-state index contributed by atoms with van der Waals surface area (Å²) in [4.78, 5) is 25.8. The fraction of sp³-hybridized carbons (Fsp3) is 0.438. The predicted molar refractivity (Wildman–Crippen MR) is 93.6 cm³/mol. The molecule has 2 N–H and O–H groups in total. The van der Waals surface area contributed by atoms with Crippen LogP contribution in [0.2, 0.25) is 0 Å². The molecule has 0 atom stereocenters. The second-order valence-electron chi connectivity index (χ2n) is 6.06. The highest BCUT2D eigenvalue weighted by atomic mass is 32.1. The number of hydrogen-bond donors (Lipinski definition) is 1. The summed E-state index contributed by atoms with van der Waals surface area (Å²) in [5.41, 5.74) is 9.23. The average molecular weight is 332 g/mol. The first kappa shape index (κ1) is 15.7. The van der Waals surface area contributed by atoms with E-state index in [0.29, 0.717) is 23.8 Å². The number of fused-ring (bicyclic) bond motifs is 1. The first-order valence-electron chi connectivity index (χ1n) is 7.68. The lowest BCUT2D eigenvalue weighted by Gasteiger charge is -2.15. The molecule has 0 amide bonds. The van der Waals surface area contributed by atoms with Gasteiger partial charge in [0, 0.05) is 18.7 Å². The zero-order valence-corrected chi connectivity index (χ0v) is 14.4. The molecule has 0 unspecified atom stereocenters. The Morgan fingerprint density at radius 2 is 1.57 bits per heavy atom. The Morgan fingerprint density at radius 3 is 2.04 bits per heavy atom. The molecule has 2 heterocycles. The van der Waals surface area contributed by atoms with Crippen LogP contribution in [-0.2, 0) is 13.1 Å². The normalized spacial score (nSPS) is 13.9. The zero-order valence-electron chi connectivity index (χ0n) is 13.5. The molecule has 6 nitrogen and oxygen atoms in total. The number of aromatic nitrogens is 3. The van der Waals surface area contributed by atoms with Crippen LogP contribution in [0.5, 0.6) is 0 Å². The van der Waals surface area contributed by atoms with Crippen LogP contribution in [0, 0.1) is 20.8 Å². The summed E-state index contributed by atoms with van der Waals surface area (Å²) in [5.74, 6) is 0. The summed E-state index contributed by atoms with van der Waals surface area (Å²) in [6.07, 6.45) is 1.83. The number of aryl methyl sites for hydroxylation is 1. The molecule has 1 aromatic heterocycles. The lowest BCUT2D eigenvalue weighted by molar-refractivity contribution is 0.348. The van der Waals surface area contributed by atoms with Crippen molar-refractivity contribution in [2.24, 2.45) is 5.73 Å². The summed E-state index contributed by atoms with van der Waals surface area (Å²) >= 11 is 5.09. The Kier molecular flexibility index (Phi) is 3.75. The summed E-state index contributed by atoms with van der Waals surface area (Å²) in [6.45, 7) is 6.85. The van der Waals surface area contributed by atoms with Crippen molar-refractivity contribution in [3.05, 3.63) is 49.3 Å². The highest BCUT2D eigenvalue weighted by Gasteiger charge is 2.23. The van der Waals surface area contributed by atoms with Crippen molar-refractivity contribution in [3.8, 4) is 5.69 Å². The van der Waals surface area contributed by atoms with E-state index in [2.05, 4.69) is 0 Å². The predicted octanol–water partition coefficient (Wildman–Crippen LogP) is 1.15. The highest BCUT2D eigenvalue weighted by molar-refractivity contribution is 7.80. The molecule has 0 aliphatic carbocycles. The second-order valence-corrected chi connectivity index (χ2v) is 6.50. The Morgan fingerprint density at radius 1 is 1.04 bits per heavy atom. The van der Waals surface area contributed by atoms with Gasteiger partial charge >= 0.3 is 11.4 Å². The van der Waals surface area contributed by atoms with Gasteiger partial charge in [0.25, 0.3) is 0 Å². The smallest absolute Gasteiger partial charge is 0.351 e. The largest absolute Gasteiger partial charge is 0.389 e. The van der Waals surface area contributed by atoms with Gasteiger partial charge in [-0.3, -0.25) is 0 Å². The molecule has 1 aliphatic rings. The number of nitrogens with two attached hydrogens (primary N) is 1. The lowest BCUT2D eigenvalue weighted by Crippen LogP contribution is -2.30. The molecule has 0 bridgehead atoms. The molecule has 3 rings (SSSR count). The van der Waals surface area contributed by atoms with E-state index in [1.807, 2.05) is 26.8 Å². The molecule has 0 saturated carbocycles. The molecule has 0 radical (unpaired) electrons. The molecule has 0 saturated heterocycles. The van der Waals surface area contributed by atoms with Gasteiger partial charge in [0.2, 0.25) is 0 Å². The van der Waals surface area contributed by atoms with E-state index in [9.17, 15) is 9.59 Å². The quantitative estimate of drug-likeness (QED) is 0.837. The van der Waals surface area contributed by atoms with E-state index in [-0.39, 0.29) is 11.4 Å². The van der Waals surface area contributed by atoms with Crippen molar-refractivity contribution >= 4 is 17.2 Å². The molecule has 7 heteroatoms. The molecule has 1 aromatic carbocycles. The second kappa shape index (κ2) is 5.49. The number of rotatable bonds is 2. The van der Waals surface area contributed by atoms with Gasteiger partial charge in [0.1, 0.15) is 4.99 Å². The minimum absolute atomic E-state index is 0.275. The van der Waals surface area contributed by atoms with Crippen LogP contribution in [0.1, 0.15) is 35.1 Å². The molecule has 2 aromatic rings. The maximum atomic E-state index is 12.7. The van der Waals surface area contributed by atoms with Crippen molar-refractivity contribution in [2.45, 2.75) is 46.7 Å². The van der Waals surface area contributed by atoms with Crippen molar-refractivity contribution in [3.63, 3.8) is 0 Å². The molecule has 0 fully saturated rings. The van der Waals surface area contributed by atoms with E-state index >= 15 is 0 Å². The van der Waals surface area contributed by atoms with Gasteiger partial charge in [-0.2, -0.15) is 0 Å². The van der Waals surface area contributed by atoms with Crippen LogP contribution in [0.15, 0.2) is 15.7 Å². The lowest BCUT2D eigenvalue weighted by atomic mass is 9.97. The Labute approximate surface area is 139 Å². The Balaban J connectivity index is 2.35. The monoisotopic (exact) mass is 332 g/mol. The van der Waals surface area contributed by atoms with Gasteiger partial charge in [-0.25, -0.2) is 23.5 Å². The van der Waals surface area contributed by atoms with Gasteiger partial charge in [-0.05, 0) is 56.4 Å². The van der Waals surface area contributed by atoms with Gasteiger partial charge in [0.05, 0.1) is 5.69 Å². The van der Waals surface area contributed by atoms with Crippen LogP contribution in [0.25, 0.3) is 5.69 Å². The number of nitrogens with zero attached hydrogens (tertiary/aromatic N) is 3. The molecule has 23 heavy (non-hydrogen) atoms. The summed E-state index contributed by atoms with van der Waals surface area (Å²) in [7, 11) is 0. The molecule has 0 spiro atoms. The standard InChI is InChI=1S/C16H20N4O2S/c1-9-8-12(14(17)23)10(2)11(3)13(9)20-15(21)18-6-4-5-7-19(18)16(20)22/h8H,4-7H2,1-3H3,(H2,17,23). The first-order valence-corrected chi connectivity index (χ1v) is 8.09. The minimum atomic E-state index is -0.275. The average Bonchev–Trinajstić information content (AvgIpc) is 2.76. The fourth-order valence-corrected chi connectivity index (χ4v) is 3.55. The van der Waals surface area contributed by atoms with Crippen LogP contribution >= 0.6 is 12.2 Å². The van der Waals surface area contributed by atoms with Crippen LogP contribution < -0.4 is 17.1 Å². The van der Waals surface area contributed by atoms with E-state index in [1.165, 1.54) is 4.57 Å². The number of benzene rings is 1. The van der Waals surface area contributed by atoms with Crippen LogP contribution in [0.3, 0.4) is 0 Å². The van der Waals surface area contributed by atoms with E-state index in [4.69, 9.17) is 18.0 Å². The Hall–Kier alpha value is -2.15. The third-order valence-corrected chi connectivity index (χ3v) is 4.87.